The van der Waals surface area contributed by atoms with E-state index in [1.165, 1.54) is 134 Å². The number of carboxylic acids is 1. The van der Waals surface area contributed by atoms with Crippen molar-refractivity contribution < 1.29 is 202 Å². The standard InChI is InChI=1S/C97H171N5O41/c1-7-9-11-13-15-17-19-21-22-23-24-25-26-27-28-29-30-32-34-36-38-40-42-44-68(117)102-58(59(114)43-41-39-37-35-33-31-20-18-16-14-12-10-8-2)53-130-93-80(125)79(124)83(66(51-108)135-93)137-95-82(127)89(143-97(96(128)129)45-60(115)69(98-54(3)110)87(142-97)73(118)61(116)46-103)84(67(52-109)136-95)138-91-72(101-57(6)113)86(76(121)64(49-106)132-91)140-94-81(126)88(77(122)65(50-107)134-94)141-92-71(100-56(5)112)85(75(120)63(48-105)133-92)139-90-70(99-55(4)111)78(123)74(119)62(47-104)131-90/h21-22,41,43,58-67,69-95,103-109,114-116,118-127H,7-20,23-40,42,44-53H2,1-6H3,(H,98,110)(H,99,111)(H,100,112)(H,101,113)(H,102,117)(H,128,129)/b22-21-,43-41+/t58-,59+,60?,61+,62?,63?,64?,65?,66?,67?,69+,70?,71?,72?,73+,74-,75-,76-,77-,78+,79+,80?,81?,82?,83+,84-,85+,86+,87?,88-,89+,90+,91-,92-,93+,94-,95-,97-/m0/s1. The number of aliphatic carboxylic acids is 1. The molecule has 46 nitrogen and oxygen atoms in total. The van der Waals surface area contributed by atoms with Gasteiger partial charge in [-0.05, 0) is 44.9 Å². The summed E-state index contributed by atoms with van der Waals surface area (Å²) in [5, 5.41) is 253. The number of allylic oxidation sites excluding steroid dienone is 3. The molecule has 0 aromatic rings. The van der Waals surface area contributed by atoms with E-state index in [0.717, 1.165) is 98.3 Å². The number of hydrogen-bond acceptors (Lipinski definition) is 40. The number of aliphatic hydroxyl groups is 20. The number of carbonyl (C=O) groups is 6. The van der Waals surface area contributed by atoms with Crippen LogP contribution in [-0.2, 0) is 95.1 Å². The molecule has 0 bridgehead atoms. The zero-order valence-electron chi connectivity index (χ0n) is 83.6. The van der Waals surface area contributed by atoms with Crippen LogP contribution in [0.5, 0.6) is 0 Å². The van der Waals surface area contributed by atoms with E-state index in [-0.39, 0.29) is 6.42 Å². The second kappa shape index (κ2) is 65.9. The van der Waals surface area contributed by atoms with Crippen LogP contribution >= 0.6 is 0 Å². The fourth-order valence-electron chi connectivity index (χ4n) is 19.2. The van der Waals surface area contributed by atoms with Gasteiger partial charge in [0.2, 0.25) is 29.5 Å². The Labute approximate surface area is 836 Å². The number of nitrogens with one attached hydrogen (secondary N) is 5. The van der Waals surface area contributed by atoms with Crippen molar-refractivity contribution in [3.8, 4) is 0 Å². The summed E-state index contributed by atoms with van der Waals surface area (Å²) < 4.78 is 85.6. The summed E-state index contributed by atoms with van der Waals surface area (Å²) in [6.45, 7) is -0.492. The van der Waals surface area contributed by atoms with Gasteiger partial charge in [0.05, 0.1) is 77.1 Å². The number of amides is 5. The van der Waals surface area contributed by atoms with Gasteiger partial charge < -0.3 is 200 Å². The third kappa shape index (κ3) is 38.4. The Kier molecular flexibility index (Phi) is 57.5. The Hall–Kier alpha value is -5.06. The number of ether oxygens (including phenoxy) is 14. The van der Waals surface area contributed by atoms with E-state index in [4.69, 9.17) is 66.3 Å². The summed E-state index contributed by atoms with van der Waals surface area (Å²) >= 11 is 0. The van der Waals surface area contributed by atoms with Crippen LogP contribution < -0.4 is 26.6 Å². The van der Waals surface area contributed by atoms with Crippen molar-refractivity contribution in [3.05, 3.63) is 24.3 Å². The minimum atomic E-state index is -3.50. The molecule has 38 atom stereocenters. The molecule has 7 aliphatic heterocycles. The molecule has 0 aromatic heterocycles. The molecule has 46 heteroatoms. The summed E-state index contributed by atoms with van der Waals surface area (Å²) in [7, 11) is 0. The van der Waals surface area contributed by atoms with E-state index in [1.807, 2.05) is 0 Å². The smallest absolute Gasteiger partial charge is 0.364 e. The molecular weight excluding hydrogens is 1890 g/mol. The number of aliphatic hydroxyl groups excluding tert-OH is 20. The lowest BCUT2D eigenvalue weighted by atomic mass is 9.88. The average Bonchev–Trinajstić information content (AvgIpc) is 0.745. The lowest BCUT2D eigenvalue weighted by Crippen LogP contribution is -2.72. The van der Waals surface area contributed by atoms with Crippen molar-refractivity contribution >= 4 is 35.5 Å². The van der Waals surface area contributed by atoms with Crippen molar-refractivity contribution in [3.63, 3.8) is 0 Å². The van der Waals surface area contributed by atoms with Gasteiger partial charge in [0.15, 0.2) is 37.7 Å². The van der Waals surface area contributed by atoms with E-state index in [0.29, 0.717) is 12.8 Å². The van der Waals surface area contributed by atoms with Crippen LogP contribution in [0.4, 0.5) is 0 Å². The molecule has 7 aliphatic rings. The van der Waals surface area contributed by atoms with Gasteiger partial charge in [-0.15, -0.1) is 0 Å². The molecule has 830 valence electrons. The fourth-order valence-corrected chi connectivity index (χ4v) is 19.2. The Morgan fingerprint density at radius 3 is 1.15 bits per heavy atom. The predicted octanol–water partition coefficient (Wildman–Crippen LogP) is -2.21. The highest BCUT2D eigenvalue weighted by Crippen LogP contribution is 2.43. The zero-order chi connectivity index (χ0) is 105. The normalized spacial score (nSPS) is 35.4. The summed E-state index contributed by atoms with van der Waals surface area (Å²) in [6.07, 6.45) is -24.6. The molecule has 0 radical (unpaired) electrons. The summed E-state index contributed by atoms with van der Waals surface area (Å²) in [6, 6.07) is -8.73. The molecule has 7 fully saturated rings. The summed E-state index contributed by atoms with van der Waals surface area (Å²) in [5.41, 5.74) is 0. The second-order valence-electron chi connectivity index (χ2n) is 38.8. The highest BCUT2D eigenvalue weighted by Gasteiger charge is 2.64. The quantitative estimate of drug-likeness (QED) is 0.0227. The third-order valence-corrected chi connectivity index (χ3v) is 27.3. The van der Waals surface area contributed by atoms with Crippen LogP contribution in [0.3, 0.4) is 0 Å². The molecule has 0 spiro atoms. The van der Waals surface area contributed by atoms with Gasteiger partial charge in [0.25, 0.3) is 5.79 Å². The van der Waals surface area contributed by atoms with Crippen molar-refractivity contribution in [2.75, 3.05) is 52.9 Å². The van der Waals surface area contributed by atoms with E-state index < -0.39 is 327 Å². The van der Waals surface area contributed by atoms with E-state index in [2.05, 4.69) is 52.6 Å². The first-order chi connectivity index (χ1) is 68.5. The molecule has 7 saturated heterocycles. The highest BCUT2D eigenvalue weighted by molar-refractivity contribution is 5.77. The number of carbonyl (C=O) groups excluding carboxylic acids is 5. The SMILES string of the molecule is CCCCCCCC/C=C\CCCCCCCCCCCCCCCC(=O)N[C@@H](CO[C@@H]1OC(CO)[C@@H](O[C@@H]2OC(CO)[C@H](O[C@@H]3OC(CO)[C@H](O)[C@H](O[C@@H]4OC(CO)[C@H](O)[C@H](O[C@@H]5OC(CO)[C@H](O)[C@H](O[C@H]6OC(CO)[C@H](O)[C@H](O)C6NC(C)=O)C5NC(C)=O)C4O)C3NC(C)=O)[C@H](O[C@]3(C(=O)O)CC(O)[C@@H](NC(C)=O)C([C@H](O)[C@H](O)CO)O3)C2O)[C@H](O)C1O)[C@H](O)/C=C/CCCCCCCCCCCCC. The van der Waals surface area contributed by atoms with Gasteiger partial charge in [0, 0.05) is 40.5 Å². The lowest BCUT2D eigenvalue weighted by Gasteiger charge is -2.53. The van der Waals surface area contributed by atoms with Gasteiger partial charge >= 0.3 is 5.97 Å². The van der Waals surface area contributed by atoms with Crippen LogP contribution in [0.1, 0.15) is 266 Å². The Morgan fingerprint density at radius 1 is 0.364 bits per heavy atom. The highest BCUT2D eigenvalue weighted by atomic mass is 16.8. The first kappa shape index (κ1) is 125. The molecule has 7 heterocycles. The Morgan fingerprint density at radius 2 is 0.713 bits per heavy atom. The van der Waals surface area contributed by atoms with Crippen LogP contribution in [0.25, 0.3) is 0 Å². The van der Waals surface area contributed by atoms with Gasteiger partial charge in [-0.25, -0.2) is 4.79 Å². The maximum absolute atomic E-state index is 14.2. The first-order valence-electron chi connectivity index (χ1n) is 51.7. The average molecular weight is 2060 g/mol. The molecule has 26 N–H and O–H groups in total. The van der Waals surface area contributed by atoms with Gasteiger partial charge in [-0.2, -0.15) is 0 Å². The monoisotopic (exact) mass is 2060 g/mol. The summed E-state index contributed by atoms with van der Waals surface area (Å²) in [4.78, 5) is 79.9. The topological polar surface area (TPSA) is 717 Å². The molecule has 0 aromatic carbocycles. The van der Waals surface area contributed by atoms with E-state index >= 15 is 0 Å². The minimum absolute atomic E-state index is 0.0918. The van der Waals surface area contributed by atoms with Crippen LogP contribution in [0, 0.1) is 0 Å². The zero-order valence-corrected chi connectivity index (χ0v) is 83.6. The van der Waals surface area contributed by atoms with Gasteiger partial charge in [-0.3, -0.25) is 24.0 Å². The maximum Gasteiger partial charge on any atom is 0.364 e. The number of carboxylic acid groups (broad SMARTS) is 1. The molecule has 0 aliphatic carbocycles. The van der Waals surface area contributed by atoms with E-state index in [1.54, 1.807) is 6.08 Å². The predicted molar refractivity (Wildman–Crippen MR) is 504 cm³/mol. The molecule has 14 unspecified atom stereocenters. The third-order valence-electron chi connectivity index (χ3n) is 27.3. The second-order valence-corrected chi connectivity index (χ2v) is 38.8. The number of unbranched alkanes of at least 4 members (excludes halogenated alkanes) is 30. The van der Waals surface area contributed by atoms with Crippen molar-refractivity contribution in [1.82, 2.24) is 26.6 Å². The lowest BCUT2D eigenvalue weighted by molar-refractivity contribution is -0.404. The largest absolute Gasteiger partial charge is 0.477 e. The van der Waals surface area contributed by atoms with Crippen molar-refractivity contribution in [2.24, 2.45) is 0 Å². The molecular formula is C97H171N5O41. The Balaban J connectivity index is 1.12. The number of rotatable bonds is 67. The number of hydrogen-bond donors (Lipinski definition) is 26. The summed E-state index contributed by atoms with van der Waals surface area (Å²) in [5.74, 6) is -9.84. The molecule has 5 amide bonds. The van der Waals surface area contributed by atoms with Crippen LogP contribution in [0.2, 0.25) is 0 Å². The fraction of sp³-hybridized carbons (Fsp3) is 0.897. The molecule has 7 rings (SSSR count). The molecule has 143 heavy (non-hydrogen) atoms. The van der Waals surface area contributed by atoms with Crippen LogP contribution in [-0.4, -0.2) is 428 Å². The maximum atomic E-state index is 14.2. The van der Waals surface area contributed by atoms with Crippen LogP contribution in [0.15, 0.2) is 24.3 Å². The Bertz CT molecular complexity index is 3630. The van der Waals surface area contributed by atoms with E-state index in [9.17, 15) is 136 Å². The minimum Gasteiger partial charge on any atom is -0.477 e. The molecule has 0 saturated carbocycles. The van der Waals surface area contributed by atoms with Gasteiger partial charge in [-0.1, -0.05) is 205 Å². The van der Waals surface area contributed by atoms with Crippen molar-refractivity contribution in [2.45, 2.75) is 499 Å². The van der Waals surface area contributed by atoms with Crippen molar-refractivity contribution in [1.29, 1.82) is 0 Å². The first-order valence-corrected chi connectivity index (χ1v) is 51.7. The van der Waals surface area contributed by atoms with Gasteiger partial charge in [0.1, 0.15) is 165 Å².